The van der Waals surface area contributed by atoms with Crippen LogP contribution in [0.15, 0.2) is 18.5 Å². The first kappa shape index (κ1) is 43.2. The highest BCUT2D eigenvalue weighted by molar-refractivity contribution is 7.79. The molecule has 2 saturated heterocycles. The zero-order valence-electron chi connectivity index (χ0n) is 31.3. The van der Waals surface area contributed by atoms with Crippen LogP contribution in [0.2, 0.25) is 0 Å². The first-order valence-corrected chi connectivity index (χ1v) is 18.7. The van der Waals surface area contributed by atoms with Crippen LogP contribution in [0.25, 0.3) is 0 Å². The molecule has 3 unspecified atom stereocenters. The van der Waals surface area contributed by atoms with Crippen LogP contribution in [0.5, 0.6) is 0 Å². The van der Waals surface area contributed by atoms with Crippen molar-refractivity contribution >= 4 is 54.0 Å². The molecule has 0 aromatic carbocycles. The maximum Gasteiger partial charge on any atom is 0.315 e. The van der Waals surface area contributed by atoms with Crippen molar-refractivity contribution < 1.29 is 28.8 Å². The Morgan fingerprint density at radius 1 is 0.902 bits per heavy atom. The van der Waals surface area contributed by atoms with Crippen LogP contribution in [-0.2, 0) is 24.0 Å². The summed E-state index contributed by atoms with van der Waals surface area (Å²) in [6.45, 7) is 14.0. The van der Waals surface area contributed by atoms with Gasteiger partial charge in [0.1, 0.15) is 12.1 Å². The Morgan fingerprint density at radius 2 is 1.49 bits per heavy atom. The highest BCUT2D eigenvalue weighted by atomic mass is 32.1. The highest BCUT2D eigenvalue weighted by Crippen LogP contribution is 2.31. The van der Waals surface area contributed by atoms with E-state index in [0.717, 1.165) is 25.2 Å². The van der Waals surface area contributed by atoms with Gasteiger partial charge in [-0.2, -0.15) is 12.6 Å². The number of rotatable bonds is 11. The molecule has 1 saturated carbocycles. The van der Waals surface area contributed by atoms with Crippen LogP contribution >= 0.6 is 12.6 Å². The standard InChI is InChI=1S/C30H45N9O6.C4H10.CH4S/c1-30(2,3)24(36-29(45)34-18-22(40)37-13-15-38(16-14-37)28-32-10-6-11-33-28)27(44)39-12-5-9-21(39)26(43)35-20(23(41)25(31)42)17-19-7-4-8-19;1-4(2)3;1-2/h6,10-11,19-21,24H,4-5,7-9,12-18H2,1-3H3,(H2,31,42)(H,35,43)(H2,34,36,45);4H,1-3H3;2H,1H3. The second-order valence-electron chi connectivity index (χ2n) is 14.8. The Bertz CT molecular complexity index is 1310. The average molecular weight is 734 g/mol. The Labute approximate surface area is 308 Å². The summed E-state index contributed by atoms with van der Waals surface area (Å²) < 4.78 is 0. The largest absolute Gasteiger partial charge is 0.363 e. The number of nitrogens with two attached hydrogens (primary N) is 1. The van der Waals surface area contributed by atoms with Gasteiger partial charge in [-0.05, 0) is 48.8 Å². The van der Waals surface area contributed by atoms with Crippen molar-refractivity contribution in [3.05, 3.63) is 18.5 Å². The Morgan fingerprint density at radius 3 is 2.00 bits per heavy atom. The topological polar surface area (TPSA) is 200 Å². The molecular formula is C35H59N9O6S. The lowest BCUT2D eigenvalue weighted by molar-refractivity contribution is -0.143. The number of Topliss-reactive ketones (excluding diaryl/α,β-unsaturated/α-hetero) is 1. The number of nitrogens with zero attached hydrogens (tertiary/aromatic N) is 5. The second-order valence-corrected chi connectivity index (χ2v) is 14.8. The fourth-order valence-electron chi connectivity index (χ4n) is 5.91. The lowest BCUT2D eigenvalue weighted by Crippen LogP contribution is -2.60. The number of primary amides is 1. The minimum atomic E-state index is -1.11. The third-order valence-corrected chi connectivity index (χ3v) is 8.76. The molecule has 0 bridgehead atoms. The van der Waals surface area contributed by atoms with Gasteiger partial charge in [0.15, 0.2) is 0 Å². The number of urea groups is 1. The number of likely N-dealkylation sites (tertiary alicyclic amines) is 1. The van der Waals surface area contributed by atoms with Crippen molar-refractivity contribution in [2.45, 2.75) is 98.2 Å². The van der Waals surface area contributed by atoms with Gasteiger partial charge in [0.25, 0.3) is 5.91 Å². The van der Waals surface area contributed by atoms with Crippen molar-refractivity contribution in [2.75, 3.05) is 50.4 Å². The molecule has 16 heteroatoms. The third kappa shape index (κ3) is 13.6. The molecule has 286 valence electrons. The predicted octanol–water partition coefficient (Wildman–Crippen LogP) is 1.77. The van der Waals surface area contributed by atoms with Crippen molar-refractivity contribution in [3.63, 3.8) is 0 Å². The van der Waals surface area contributed by atoms with E-state index < -0.39 is 53.1 Å². The van der Waals surface area contributed by atoms with E-state index in [1.54, 1.807) is 50.4 Å². The highest BCUT2D eigenvalue weighted by Gasteiger charge is 2.43. The molecule has 3 fully saturated rings. The maximum atomic E-state index is 13.8. The number of anilines is 1. The Balaban J connectivity index is 0.00000140. The number of aromatic nitrogens is 2. The van der Waals surface area contributed by atoms with Crippen LogP contribution < -0.4 is 26.6 Å². The van der Waals surface area contributed by atoms with Gasteiger partial charge in [-0.3, -0.25) is 24.0 Å². The lowest BCUT2D eigenvalue weighted by atomic mass is 9.80. The van der Waals surface area contributed by atoms with Gasteiger partial charge in [-0.15, -0.1) is 0 Å². The maximum absolute atomic E-state index is 13.8. The fourth-order valence-corrected chi connectivity index (χ4v) is 5.91. The average Bonchev–Trinajstić information content (AvgIpc) is 3.57. The second kappa shape index (κ2) is 20.8. The number of carbonyl (C=O) groups is 6. The van der Waals surface area contributed by atoms with Crippen LogP contribution in [0, 0.1) is 17.3 Å². The molecule has 1 aliphatic carbocycles. The van der Waals surface area contributed by atoms with Crippen LogP contribution in [0.1, 0.15) is 80.1 Å². The van der Waals surface area contributed by atoms with Crippen LogP contribution in [0.4, 0.5) is 10.7 Å². The number of piperazine rings is 1. The minimum Gasteiger partial charge on any atom is -0.363 e. The Hall–Kier alpha value is -3.95. The minimum absolute atomic E-state index is 0.230. The van der Waals surface area contributed by atoms with E-state index in [4.69, 9.17) is 5.73 Å². The molecule has 2 aliphatic heterocycles. The summed E-state index contributed by atoms with van der Waals surface area (Å²) in [5, 5.41) is 7.97. The summed E-state index contributed by atoms with van der Waals surface area (Å²) in [5.74, 6) is -1.52. The van der Waals surface area contributed by atoms with E-state index in [-0.39, 0.29) is 18.4 Å². The zero-order chi connectivity index (χ0) is 38.3. The van der Waals surface area contributed by atoms with Crippen molar-refractivity contribution in [1.29, 1.82) is 0 Å². The van der Waals surface area contributed by atoms with Gasteiger partial charge < -0.3 is 36.4 Å². The van der Waals surface area contributed by atoms with Gasteiger partial charge in [-0.25, -0.2) is 14.8 Å². The summed E-state index contributed by atoms with van der Waals surface area (Å²) in [7, 11) is 0. The molecule has 5 N–H and O–H groups in total. The number of amides is 6. The van der Waals surface area contributed by atoms with Crippen molar-refractivity contribution in [1.82, 2.24) is 35.7 Å². The first-order chi connectivity index (χ1) is 24.1. The van der Waals surface area contributed by atoms with Gasteiger partial charge in [0.2, 0.25) is 29.5 Å². The van der Waals surface area contributed by atoms with E-state index in [1.165, 1.54) is 4.90 Å². The molecule has 15 nitrogen and oxygen atoms in total. The van der Waals surface area contributed by atoms with Crippen molar-refractivity contribution in [3.8, 4) is 0 Å². The number of hydrogen-bond acceptors (Lipinski definition) is 10. The summed E-state index contributed by atoms with van der Waals surface area (Å²) in [5.41, 5.74) is 4.51. The molecular weight excluding hydrogens is 675 g/mol. The molecule has 1 aromatic rings. The number of nitrogens with one attached hydrogen (secondary N) is 3. The zero-order valence-corrected chi connectivity index (χ0v) is 32.2. The predicted molar refractivity (Wildman–Crippen MR) is 199 cm³/mol. The molecule has 3 atom stereocenters. The van der Waals surface area contributed by atoms with Gasteiger partial charge in [0, 0.05) is 45.1 Å². The van der Waals surface area contributed by atoms with Gasteiger partial charge >= 0.3 is 6.03 Å². The molecule has 3 aliphatic rings. The van der Waals surface area contributed by atoms with Gasteiger partial charge in [0.05, 0.1) is 12.6 Å². The molecule has 1 aromatic heterocycles. The molecule has 3 heterocycles. The third-order valence-electron chi connectivity index (χ3n) is 8.76. The number of carbonyl (C=O) groups excluding carboxylic acids is 6. The lowest BCUT2D eigenvalue weighted by Gasteiger charge is -2.36. The van der Waals surface area contributed by atoms with E-state index in [9.17, 15) is 28.8 Å². The number of hydrogen-bond donors (Lipinski definition) is 5. The number of thiol groups is 1. The van der Waals surface area contributed by atoms with E-state index >= 15 is 0 Å². The summed E-state index contributed by atoms with van der Waals surface area (Å²) in [6, 6.07) is -1.85. The molecule has 0 spiro atoms. The smallest absolute Gasteiger partial charge is 0.315 e. The van der Waals surface area contributed by atoms with Gasteiger partial charge in [-0.1, -0.05) is 60.8 Å². The molecule has 6 amide bonds. The van der Waals surface area contributed by atoms with Crippen LogP contribution in [0.3, 0.4) is 0 Å². The SMILES string of the molecule is CC(C)(C)C(NC(=O)NCC(=O)N1CCN(c2ncccn2)CC1)C(=O)N1CCCC1C(=O)NC(CC1CCC1)C(=O)C(N)=O.CC(C)C.CS. The summed E-state index contributed by atoms with van der Waals surface area (Å²) in [4.78, 5) is 90.6. The van der Waals surface area contributed by atoms with E-state index in [0.29, 0.717) is 57.9 Å². The van der Waals surface area contributed by atoms with E-state index in [2.05, 4.69) is 59.3 Å². The summed E-state index contributed by atoms with van der Waals surface area (Å²) >= 11 is 3.53. The molecule has 0 radical (unpaired) electrons. The normalized spacial score (nSPS) is 18.5. The monoisotopic (exact) mass is 733 g/mol. The molecule has 51 heavy (non-hydrogen) atoms. The first-order valence-electron chi connectivity index (χ1n) is 17.8. The van der Waals surface area contributed by atoms with E-state index in [1.807, 2.05) is 4.90 Å². The Kier molecular flexibility index (Phi) is 17.6. The fraction of sp³-hybridized carbons (Fsp3) is 0.714. The number of ketones is 1. The van der Waals surface area contributed by atoms with Crippen molar-refractivity contribution in [2.24, 2.45) is 23.0 Å². The molecule has 4 rings (SSSR count). The van der Waals surface area contributed by atoms with Crippen LogP contribution in [-0.4, -0.2) is 119 Å². The summed E-state index contributed by atoms with van der Waals surface area (Å²) in [6.07, 6.45) is 9.15. The quantitative estimate of drug-likeness (QED) is 0.166.